The molecule has 1 aliphatic rings. The van der Waals surface area contributed by atoms with Gasteiger partial charge in [0.25, 0.3) is 0 Å². The van der Waals surface area contributed by atoms with Crippen molar-refractivity contribution in [3.05, 3.63) is 11.6 Å². The van der Waals surface area contributed by atoms with E-state index >= 15 is 0 Å². The van der Waals surface area contributed by atoms with Crippen LogP contribution in [0.3, 0.4) is 0 Å². The van der Waals surface area contributed by atoms with Gasteiger partial charge in [-0.2, -0.15) is 0 Å². The Kier molecular flexibility index (Phi) is 5.48. The molecular formula is C11H20N2O5S. The second kappa shape index (κ2) is 6.47. The molecule has 0 aromatic rings. The fourth-order valence-corrected chi connectivity index (χ4v) is 2.76. The van der Waals surface area contributed by atoms with Crippen molar-refractivity contribution in [3.63, 3.8) is 0 Å². The minimum Gasteiger partial charge on any atom is -0.478 e. The van der Waals surface area contributed by atoms with E-state index in [-0.39, 0.29) is 12.0 Å². The SMILES string of the molecule is CCCOC1C=C(C(=O)O)CC(N)C1NS(C)(=O)=O. The van der Waals surface area contributed by atoms with Crippen LogP contribution in [0.25, 0.3) is 0 Å². The Morgan fingerprint density at radius 2 is 2.26 bits per heavy atom. The van der Waals surface area contributed by atoms with Crippen LogP contribution in [-0.4, -0.2) is 50.5 Å². The average Bonchev–Trinajstić information content (AvgIpc) is 2.27. The lowest BCUT2D eigenvalue weighted by Gasteiger charge is -2.34. The first-order chi connectivity index (χ1) is 8.74. The molecule has 8 heteroatoms. The normalized spacial score (nSPS) is 27.9. The monoisotopic (exact) mass is 292 g/mol. The van der Waals surface area contributed by atoms with Crippen molar-refractivity contribution in [2.45, 2.75) is 38.0 Å². The summed E-state index contributed by atoms with van der Waals surface area (Å²) < 4.78 is 30.5. The Labute approximate surface area is 112 Å². The molecule has 3 atom stereocenters. The van der Waals surface area contributed by atoms with Crippen LogP contribution in [0, 0.1) is 0 Å². The molecule has 0 bridgehead atoms. The van der Waals surface area contributed by atoms with Crippen LogP contribution in [0.1, 0.15) is 19.8 Å². The Morgan fingerprint density at radius 1 is 1.63 bits per heavy atom. The number of hydrogen-bond donors (Lipinski definition) is 3. The molecule has 0 radical (unpaired) electrons. The van der Waals surface area contributed by atoms with Crippen LogP contribution < -0.4 is 10.5 Å². The van der Waals surface area contributed by atoms with Crippen LogP contribution in [0.5, 0.6) is 0 Å². The first kappa shape index (κ1) is 16.1. The maximum atomic E-state index is 11.3. The summed E-state index contributed by atoms with van der Waals surface area (Å²) in [4.78, 5) is 11.0. The molecular weight excluding hydrogens is 272 g/mol. The van der Waals surface area contributed by atoms with Crippen molar-refractivity contribution in [2.75, 3.05) is 12.9 Å². The van der Waals surface area contributed by atoms with Crippen LogP contribution in [-0.2, 0) is 19.6 Å². The summed E-state index contributed by atoms with van der Waals surface area (Å²) in [5.74, 6) is -1.06. The Bertz CT molecular complexity index is 460. The van der Waals surface area contributed by atoms with E-state index in [9.17, 15) is 13.2 Å². The number of nitrogens with two attached hydrogens (primary N) is 1. The summed E-state index contributed by atoms with van der Waals surface area (Å²) in [6.45, 7) is 2.31. The predicted octanol–water partition coefficient (Wildman–Crippen LogP) is -0.559. The van der Waals surface area contributed by atoms with Crippen LogP contribution in [0.15, 0.2) is 11.6 Å². The summed E-state index contributed by atoms with van der Waals surface area (Å²) in [5, 5.41) is 9.00. The number of nitrogens with one attached hydrogen (secondary N) is 1. The third-order valence-electron chi connectivity index (χ3n) is 2.78. The minimum atomic E-state index is -3.44. The fraction of sp³-hybridized carbons (Fsp3) is 0.727. The number of carboxylic acid groups (broad SMARTS) is 1. The highest BCUT2D eigenvalue weighted by Crippen LogP contribution is 2.21. The highest BCUT2D eigenvalue weighted by atomic mass is 32.2. The second-order valence-corrected chi connectivity index (χ2v) is 6.40. The summed E-state index contributed by atoms with van der Waals surface area (Å²) in [7, 11) is -3.44. The number of hydrogen-bond acceptors (Lipinski definition) is 5. The third kappa shape index (κ3) is 4.90. The van der Waals surface area contributed by atoms with Gasteiger partial charge in [-0.05, 0) is 18.9 Å². The molecule has 19 heavy (non-hydrogen) atoms. The van der Waals surface area contributed by atoms with Crippen molar-refractivity contribution in [2.24, 2.45) is 5.73 Å². The molecule has 110 valence electrons. The molecule has 7 nitrogen and oxygen atoms in total. The van der Waals surface area contributed by atoms with Gasteiger partial charge in [0, 0.05) is 18.2 Å². The summed E-state index contributed by atoms with van der Waals surface area (Å²) in [6.07, 6.45) is 2.66. The van der Waals surface area contributed by atoms with E-state index in [1.54, 1.807) is 0 Å². The van der Waals surface area contributed by atoms with Gasteiger partial charge in [-0.15, -0.1) is 0 Å². The van der Waals surface area contributed by atoms with E-state index < -0.39 is 34.2 Å². The average molecular weight is 292 g/mol. The lowest BCUT2D eigenvalue weighted by atomic mass is 9.89. The zero-order chi connectivity index (χ0) is 14.6. The van der Waals surface area contributed by atoms with Gasteiger partial charge in [-0.3, -0.25) is 0 Å². The number of ether oxygens (including phenoxy) is 1. The number of carboxylic acids is 1. The standard InChI is InChI=1S/C11H20N2O5S/c1-3-4-18-9-6-7(11(14)15)5-8(12)10(9)13-19(2,16)17/h6,8-10,13H,3-5,12H2,1-2H3,(H,14,15). The molecule has 3 unspecified atom stereocenters. The number of rotatable bonds is 6. The Morgan fingerprint density at radius 3 is 2.74 bits per heavy atom. The largest absolute Gasteiger partial charge is 0.478 e. The molecule has 0 spiro atoms. The van der Waals surface area contributed by atoms with Crippen molar-refractivity contribution >= 4 is 16.0 Å². The highest BCUT2D eigenvalue weighted by molar-refractivity contribution is 7.88. The maximum Gasteiger partial charge on any atom is 0.331 e. The molecule has 1 rings (SSSR count). The van der Waals surface area contributed by atoms with E-state index in [2.05, 4.69) is 4.72 Å². The molecule has 1 aliphatic carbocycles. The minimum absolute atomic E-state index is 0.106. The Hall–Kier alpha value is -0.960. The van der Waals surface area contributed by atoms with E-state index in [0.29, 0.717) is 6.61 Å². The number of sulfonamides is 1. The van der Waals surface area contributed by atoms with Gasteiger partial charge in [0.05, 0.1) is 18.4 Å². The molecule has 0 heterocycles. The van der Waals surface area contributed by atoms with Crippen molar-refractivity contribution in [1.82, 2.24) is 4.72 Å². The molecule has 0 aromatic carbocycles. The van der Waals surface area contributed by atoms with Gasteiger partial charge >= 0.3 is 5.97 Å². The first-order valence-electron chi connectivity index (χ1n) is 6.03. The van der Waals surface area contributed by atoms with Crippen LogP contribution in [0.2, 0.25) is 0 Å². The predicted molar refractivity (Wildman–Crippen MR) is 70.1 cm³/mol. The van der Waals surface area contributed by atoms with Gasteiger partial charge in [-0.1, -0.05) is 6.92 Å². The van der Waals surface area contributed by atoms with E-state index in [1.807, 2.05) is 6.92 Å². The molecule has 0 aliphatic heterocycles. The fourth-order valence-electron chi connectivity index (χ4n) is 1.96. The number of aliphatic carboxylic acids is 1. The lowest BCUT2D eigenvalue weighted by molar-refractivity contribution is -0.133. The van der Waals surface area contributed by atoms with E-state index in [4.69, 9.17) is 15.6 Å². The van der Waals surface area contributed by atoms with E-state index in [0.717, 1.165) is 12.7 Å². The smallest absolute Gasteiger partial charge is 0.331 e. The van der Waals surface area contributed by atoms with Gasteiger partial charge < -0.3 is 15.6 Å². The molecule has 0 aromatic heterocycles. The quantitative estimate of drug-likeness (QED) is 0.604. The molecule has 0 fully saturated rings. The van der Waals surface area contributed by atoms with Crippen molar-refractivity contribution in [1.29, 1.82) is 0 Å². The van der Waals surface area contributed by atoms with Crippen molar-refractivity contribution in [3.8, 4) is 0 Å². The summed E-state index contributed by atoms with van der Waals surface area (Å²) in [6, 6.07) is -1.28. The maximum absolute atomic E-state index is 11.3. The van der Waals surface area contributed by atoms with Gasteiger partial charge in [-0.25, -0.2) is 17.9 Å². The Balaban J connectivity index is 2.96. The first-order valence-corrected chi connectivity index (χ1v) is 7.92. The third-order valence-corrected chi connectivity index (χ3v) is 3.48. The highest BCUT2D eigenvalue weighted by Gasteiger charge is 2.35. The van der Waals surface area contributed by atoms with E-state index in [1.165, 1.54) is 6.08 Å². The zero-order valence-electron chi connectivity index (χ0n) is 11.0. The van der Waals surface area contributed by atoms with Gasteiger partial charge in [0.1, 0.15) is 0 Å². The lowest BCUT2D eigenvalue weighted by Crippen LogP contribution is -2.56. The topological polar surface area (TPSA) is 119 Å². The van der Waals surface area contributed by atoms with Crippen molar-refractivity contribution < 1.29 is 23.1 Å². The molecule has 4 N–H and O–H groups in total. The number of carbonyl (C=O) groups is 1. The zero-order valence-corrected chi connectivity index (χ0v) is 11.8. The van der Waals surface area contributed by atoms with Gasteiger partial charge in [0.15, 0.2) is 0 Å². The molecule has 0 saturated carbocycles. The van der Waals surface area contributed by atoms with Crippen LogP contribution >= 0.6 is 0 Å². The molecule has 0 amide bonds. The van der Waals surface area contributed by atoms with Gasteiger partial charge in [0.2, 0.25) is 10.0 Å². The van der Waals surface area contributed by atoms with Crippen LogP contribution in [0.4, 0.5) is 0 Å². The molecule has 0 saturated heterocycles. The summed E-state index contributed by atoms with van der Waals surface area (Å²) >= 11 is 0. The second-order valence-electron chi connectivity index (χ2n) is 4.62. The summed E-state index contributed by atoms with van der Waals surface area (Å²) in [5.41, 5.74) is 6.02.